The minimum atomic E-state index is 0.0543. The van der Waals surface area contributed by atoms with E-state index in [0.29, 0.717) is 3.16 Å². The molecule has 3 heteroatoms. The summed E-state index contributed by atoms with van der Waals surface area (Å²) in [5.41, 5.74) is 5.28. The standard InChI is InChI=1S/C25H35I2P/c26-24-17-10-18-25(27,23(24)19-20-11-4-1-5-12-20)28(21-13-6-2-7-14-21)22-15-8-3-9-16-22/h1,4-5,11-12,19,21-22,24H,2-3,6-10,13-18H2. The fraction of sp³-hybridized carbons (Fsp3) is 0.680. The first-order valence-electron chi connectivity index (χ1n) is 11.6. The number of alkyl halides is 2. The van der Waals surface area contributed by atoms with Crippen LogP contribution >= 0.6 is 53.1 Å². The molecule has 28 heavy (non-hydrogen) atoms. The number of benzene rings is 1. The zero-order chi connectivity index (χ0) is 19.4. The summed E-state index contributed by atoms with van der Waals surface area (Å²) in [6.07, 6.45) is 21.9. The number of hydrogen-bond acceptors (Lipinski definition) is 0. The van der Waals surface area contributed by atoms with Crippen LogP contribution in [-0.4, -0.2) is 18.4 Å². The molecule has 3 fully saturated rings. The van der Waals surface area contributed by atoms with Gasteiger partial charge in [-0.2, -0.15) is 0 Å². The maximum absolute atomic E-state index is 3.02. The molecule has 0 bridgehead atoms. The van der Waals surface area contributed by atoms with Crippen molar-refractivity contribution in [3.63, 3.8) is 0 Å². The van der Waals surface area contributed by atoms with Crippen molar-refractivity contribution in [1.29, 1.82) is 0 Å². The van der Waals surface area contributed by atoms with E-state index < -0.39 is 0 Å². The van der Waals surface area contributed by atoms with Gasteiger partial charge in [0.05, 0.1) is 3.16 Å². The predicted molar refractivity (Wildman–Crippen MR) is 143 cm³/mol. The number of hydrogen-bond donors (Lipinski definition) is 0. The second-order valence-electron chi connectivity index (χ2n) is 9.12. The molecule has 154 valence electrons. The van der Waals surface area contributed by atoms with Crippen LogP contribution in [0, 0.1) is 0 Å². The van der Waals surface area contributed by atoms with Crippen LogP contribution in [0.15, 0.2) is 35.9 Å². The third-order valence-electron chi connectivity index (χ3n) is 7.21. The van der Waals surface area contributed by atoms with Gasteiger partial charge in [0.1, 0.15) is 0 Å². The van der Waals surface area contributed by atoms with E-state index >= 15 is 0 Å². The molecular formula is C25H35I2P. The molecule has 3 aliphatic carbocycles. The first-order valence-corrected chi connectivity index (χ1v) is 15.4. The van der Waals surface area contributed by atoms with E-state index in [1.807, 2.05) is 0 Å². The molecule has 2 unspecified atom stereocenters. The molecule has 0 spiro atoms. The summed E-state index contributed by atoms with van der Waals surface area (Å²) in [6.45, 7) is 0. The van der Waals surface area contributed by atoms with Crippen LogP contribution in [0.4, 0.5) is 0 Å². The van der Waals surface area contributed by atoms with Crippen molar-refractivity contribution in [2.24, 2.45) is 0 Å². The molecule has 2 atom stereocenters. The fourth-order valence-electron chi connectivity index (χ4n) is 5.86. The van der Waals surface area contributed by atoms with Crippen LogP contribution in [0.25, 0.3) is 6.08 Å². The predicted octanol–water partition coefficient (Wildman–Crippen LogP) is 9.34. The smallest absolute Gasteiger partial charge is 0.0643 e. The Balaban J connectivity index is 1.72. The van der Waals surface area contributed by atoms with Gasteiger partial charge in [-0.05, 0) is 61.0 Å². The van der Waals surface area contributed by atoms with Crippen LogP contribution in [-0.2, 0) is 0 Å². The van der Waals surface area contributed by atoms with E-state index in [4.69, 9.17) is 0 Å². The topological polar surface area (TPSA) is 0 Å². The van der Waals surface area contributed by atoms with Crippen molar-refractivity contribution in [2.45, 2.75) is 102 Å². The quantitative estimate of drug-likeness (QED) is 0.179. The lowest BCUT2D eigenvalue weighted by Crippen LogP contribution is -2.38. The van der Waals surface area contributed by atoms with Gasteiger partial charge in [-0.1, -0.05) is 134 Å². The van der Waals surface area contributed by atoms with Gasteiger partial charge in [0.25, 0.3) is 0 Å². The molecule has 0 aliphatic heterocycles. The largest absolute Gasteiger partial charge is 0.0792 e. The van der Waals surface area contributed by atoms with E-state index in [1.165, 1.54) is 89.0 Å². The number of allylic oxidation sites excluding steroid dienone is 1. The van der Waals surface area contributed by atoms with Gasteiger partial charge in [-0.25, -0.2) is 0 Å². The molecule has 0 amide bonds. The molecule has 0 N–H and O–H groups in total. The molecular weight excluding hydrogens is 585 g/mol. The van der Waals surface area contributed by atoms with Crippen molar-refractivity contribution in [1.82, 2.24) is 0 Å². The van der Waals surface area contributed by atoms with Crippen LogP contribution in [0.5, 0.6) is 0 Å². The second-order valence-corrected chi connectivity index (χ2v) is 16.4. The average molecular weight is 620 g/mol. The summed E-state index contributed by atoms with van der Waals surface area (Å²) in [5.74, 6) is 0. The molecule has 0 aromatic heterocycles. The molecule has 0 saturated heterocycles. The number of halogens is 2. The van der Waals surface area contributed by atoms with Gasteiger partial charge >= 0.3 is 0 Å². The summed E-state index contributed by atoms with van der Waals surface area (Å²) in [7, 11) is 0.0543. The van der Waals surface area contributed by atoms with E-state index in [9.17, 15) is 0 Å². The van der Waals surface area contributed by atoms with Gasteiger partial charge in [0, 0.05) is 3.92 Å². The summed E-state index contributed by atoms with van der Waals surface area (Å²) in [4.78, 5) is 0. The average Bonchev–Trinajstić information content (AvgIpc) is 2.73. The summed E-state index contributed by atoms with van der Waals surface area (Å²) in [6, 6.07) is 11.2. The molecule has 0 radical (unpaired) electrons. The van der Waals surface area contributed by atoms with Crippen LogP contribution in [0.1, 0.15) is 89.0 Å². The van der Waals surface area contributed by atoms with E-state index in [1.54, 1.807) is 5.57 Å². The lowest BCUT2D eigenvalue weighted by atomic mass is 9.92. The molecule has 3 saturated carbocycles. The molecule has 3 aliphatic rings. The van der Waals surface area contributed by atoms with Crippen molar-refractivity contribution >= 4 is 59.2 Å². The SMILES string of the molecule is IC1CCCC(I)(P(C2CCCCC2)C2CCCCC2)C1=Cc1ccccc1. The molecule has 4 rings (SSSR count). The molecule has 0 heterocycles. The lowest BCUT2D eigenvalue weighted by Gasteiger charge is -2.51. The number of rotatable bonds is 4. The summed E-state index contributed by atoms with van der Waals surface area (Å²) < 4.78 is 1.16. The van der Waals surface area contributed by atoms with Crippen molar-refractivity contribution in [3.8, 4) is 0 Å². The Kier molecular flexibility index (Phi) is 8.23. The zero-order valence-corrected chi connectivity index (χ0v) is 22.3. The highest BCUT2D eigenvalue weighted by molar-refractivity contribution is 14.1. The Morgan fingerprint density at radius 3 is 1.93 bits per heavy atom. The van der Waals surface area contributed by atoms with E-state index in [2.05, 4.69) is 81.6 Å². The maximum atomic E-state index is 3.02. The third-order valence-corrected chi connectivity index (χ3v) is 15.2. The normalized spacial score (nSPS) is 32.1. The Morgan fingerprint density at radius 2 is 1.36 bits per heavy atom. The highest BCUT2D eigenvalue weighted by atomic mass is 127. The van der Waals surface area contributed by atoms with Crippen LogP contribution < -0.4 is 0 Å². The molecule has 1 aromatic carbocycles. The summed E-state index contributed by atoms with van der Waals surface area (Å²) in [5, 5.41) is 0. The minimum absolute atomic E-state index is 0.0543. The third kappa shape index (κ3) is 5.01. The van der Waals surface area contributed by atoms with Crippen LogP contribution in [0.2, 0.25) is 0 Å². The Morgan fingerprint density at radius 1 is 0.786 bits per heavy atom. The van der Waals surface area contributed by atoms with Gasteiger partial charge in [0.2, 0.25) is 0 Å². The Labute approximate surface area is 201 Å². The Hall–Kier alpha value is 0.850. The second kappa shape index (κ2) is 10.4. The van der Waals surface area contributed by atoms with Crippen molar-refractivity contribution in [2.75, 3.05) is 0 Å². The first-order chi connectivity index (χ1) is 13.7. The van der Waals surface area contributed by atoms with Gasteiger partial charge in [-0.3, -0.25) is 0 Å². The van der Waals surface area contributed by atoms with Crippen LogP contribution in [0.3, 0.4) is 0 Å². The zero-order valence-electron chi connectivity index (χ0n) is 17.1. The monoisotopic (exact) mass is 620 g/mol. The van der Waals surface area contributed by atoms with Crippen molar-refractivity contribution in [3.05, 3.63) is 41.5 Å². The highest BCUT2D eigenvalue weighted by Gasteiger charge is 2.49. The van der Waals surface area contributed by atoms with Gasteiger partial charge < -0.3 is 0 Å². The van der Waals surface area contributed by atoms with Crippen molar-refractivity contribution < 1.29 is 0 Å². The highest BCUT2D eigenvalue weighted by Crippen LogP contribution is 2.72. The van der Waals surface area contributed by atoms with Gasteiger partial charge in [0.15, 0.2) is 0 Å². The molecule has 0 nitrogen and oxygen atoms in total. The van der Waals surface area contributed by atoms with E-state index in [0.717, 1.165) is 15.2 Å². The molecule has 1 aromatic rings. The lowest BCUT2D eigenvalue weighted by molar-refractivity contribution is 0.476. The Bertz CT molecular complexity index is 628. The first kappa shape index (κ1) is 22.1. The fourth-order valence-corrected chi connectivity index (χ4v) is 15.7. The minimum Gasteiger partial charge on any atom is -0.0792 e. The summed E-state index contributed by atoms with van der Waals surface area (Å²) >= 11 is 5.80. The maximum Gasteiger partial charge on any atom is 0.0643 e. The van der Waals surface area contributed by atoms with Gasteiger partial charge in [-0.15, -0.1) is 0 Å². The van der Waals surface area contributed by atoms with E-state index in [-0.39, 0.29) is 7.92 Å².